The topological polar surface area (TPSA) is 4.93 Å². The van der Waals surface area contributed by atoms with Gasteiger partial charge >= 0.3 is 0 Å². The first-order chi connectivity index (χ1) is 18.1. The fraction of sp³-hybridized carbons (Fsp3) is 0.143. The van der Waals surface area contributed by atoms with Crippen molar-refractivity contribution in [3.63, 3.8) is 0 Å². The lowest BCUT2D eigenvalue weighted by atomic mass is 9.77. The zero-order valence-electron chi connectivity index (χ0n) is 21.4. The highest BCUT2D eigenvalue weighted by Gasteiger charge is 2.36. The second-order valence-corrected chi connectivity index (χ2v) is 11.5. The lowest BCUT2D eigenvalue weighted by Gasteiger charge is -2.27. The van der Waals surface area contributed by atoms with Crippen molar-refractivity contribution in [2.24, 2.45) is 5.92 Å². The summed E-state index contributed by atoms with van der Waals surface area (Å²) in [5.74, 6) is 0.851. The molecule has 1 aliphatic carbocycles. The molecule has 2 atom stereocenters. The fourth-order valence-corrected chi connectivity index (χ4v) is 7.27. The molecule has 0 saturated carbocycles. The molecule has 0 spiro atoms. The van der Waals surface area contributed by atoms with Crippen LogP contribution in [0.1, 0.15) is 32.3 Å². The Kier molecular flexibility index (Phi) is 5.26. The predicted octanol–water partition coefficient (Wildman–Crippen LogP) is 10.1. The number of aromatic nitrogens is 1. The second kappa shape index (κ2) is 8.68. The van der Waals surface area contributed by atoms with E-state index in [1.807, 2.05) is 11.8 Å². The summed E-state index contributed by atoms with van der Waals surface area (Å²) in [6.07, 6.45) is 6.96. The lowest BCUT2D eigenvalue weighted by molar-refractivity contribution is 0.647. The average Bonchev–Trinajstić information content (AvgIpc) is 3.48. The molecule has 180 valence electrons. The van der Waals surface area contributed by atoms with Gasteiger partial charge in [0.1, 0.15) is 0 Å². The number of thioether (sulfide) groups is 1. The minimum absolute atomic E-state index is 0.420. The first kappa shape index (κ1) is 22.4. The van der Waals surface area contributed by atoms with Gasteiger partial charge in [-0.2, -0.15) is 0 Å². The summed E-state index contributed by atoms with van der Waals surface area (Å²) in [6.45, 7) is 6.78. The molecule has 2 heteroatoms. The minimum Gasteiger partial charge on any atom is -0.309 e. The van der Waals surface area contributed by atoms with Gasteiger partial charge in [-0.15, -0.1) is 0 Å². The Morgan fingerprint density at radius 2 is 1.46 bits per heavy atom. The monoisotopic (exact) mass is 495 g/mol. The van der Waals surface area contributed by atoms with Crippen molar-refractivity contribution in [1.82, 2.24) is 4.57 Å². The van der Waals surface area contributed by atoms with Crippen molar-refractivity contribution in [3.8, 4) is 16.8 Å². The average molecular weight is 496 g/mol. The van der Waals surface area contributed by atoms with E-state index in [0.717, 1.165) is 0 Å². The van der Waals surface area contributed by atoms with Crippen molar-refractivity contribution >= 4 is 33.6 Å². The maximum atomic E-state index is 2.45. The van der Waals surface area contributed by atoms with Crippen LogP contribution in [0.25, 0.3) is 38.6 Å². The van der Waals surface area contributed by atoms with Gasteiger partial charge in [-0.05, 0) is 84.8 Å². The number of hydrogen-bond acceptors (Lipinski definition) is 1. The van der Waals surface area contributed by atoms with Gasteiger partial charge in [0.05, 0.1) is 11.0 Å². The smallest absolute Gasteiger partial charge is 0.0541 e. The molecule has 2 heterocycles. The van der Waals surface area contributed by atoms with E-state index >= 15 is 0 Å². The highest BCUT2D eigenvalue weighted by molar-refractivity contribution is 8.03. The third kappa shape index (κ3) is 3.54. The highest BCUT2D eigenvalue weighted by atomic mass is 32.2. The molecule has 7 rings (SSSR count). The van der Waals surface area contributed by atoms with Gasteiger partial charge < -0.3 is 4.57 Å². The molecular weight excluding hydrogens is 466 g/mol. The van der Waals surface area contributed by atoms with Crippen LogP contribution in [0.4, 0.5) is 0 Å². The van der Waals surface area contributed by atoms with Gasteiger partial charge in [0, 0.05) is 33.2 Å². The maximum absolute atomic E-state index is 2.45. The van der Waals surface area contributed by atoms with Crippen LogP contribution in [0.15, 0.2) is 130 Å². The van der Waals surface area contributed by atoms with Crippen molar-refractivity contribution < 1.29 is 0 Å². The number of nitrogens with zero attached hydrogens (tertiary/aromatic N) is 1. The highest BCUT2D eigenvalue weighted by Crippen LogP contribution is 2.55. The molecule has 0 radical (unpaired) electrons. The van der Waals surface area contributed by atoms with Crippen LogP contribution in [0.5, 0.6) is 0 Å². The number of hydrogen-bond donors (Lipinski definition) is 0. The van der Waals surface area contributed by atoms with Crippen molar-refractivity contribution in [2.75, 3.05) is 0 Å². The second-order valence-electron chi connectivity index (χ2n) is 10.4. The van der Waals surface area contributed by atoms with Crippen LogP contribution in [-0.2, 0) is 0 Å². The largest absolute Gasteiger partial charge is 0.309 e. The maximum Gasteiger partial charge on any atom is 0.0541 e. The van der Waals surface area contributed by atoms with Crippen molar-refractivity contribution in [1.29, 1.82) is 0 Å². The Morgan fingerprint density at radius 3 is 2.30 bits per heavy atom. The van der Waals surface area contributed by atoms with Crippen molar-refractivity contribution in [3.05, 3.63) is 131 Å². The third-order valence-corrected chi connectivity index (χ3v) is 9.34. The molecule has 2 aliphatic rings. The molecule has 37 heavy (non-hydrogen) atoms. The zero-order chi connectivity index (χ0) is 25.1. The molecule has 5 aromatic rings. The standard InChI is InChI=1S/C35H29NS/c1-22(2)23(3)27-13-9-15-34-35(27)30-21-25(17-19-33(30)37-34)24-16-18-32-29(20-24)28-12-7-8-14-31(28)36(32)26-10-5-4-6-11-26/h4-21,27,35H,1-3H3. The summed E-state index contributed by atoms with van der Waals surface area (Å²) in [6, 6.07) is 33.5. The summed E-state index contributed by atoms with van der Waals surface area (Å²) in [5, 5.41) is 2.59. The molecule has 4 aromatic carbocycles. The molecule has 1 aromatic heterocycles. The minimum atomic E-state index is 0.420. The molecule has 2 unspecified atom stereocenters. The van der Waals surface area contributed by atoms with Crippen LogP contribution in [0.2, 0.25) is 0 Å². The van der Waals surface area contributed by atoms with Gasteiger partial charge in [0.2, 0.25) is 0 Å². The zero-order valence-corrected chi connectivity index (χ0v) is 22.2. The van der Waals surface area contributed by atoms with E-state index in [9.17, 15) is 0 Å². The van der Waals surface area contributed by atoms with E-state index in [2.05, 4.69) is 135 Å². The van der Waals surface area contributed by atoms with Crippen molar-refractivity contribution in [2.45, 2.75) is 31.6 Å². The summed E-state index contributed by atoms with van der Waals surface area (Å²) in [4.78, 5) is 2.87. The fourth-order valence-electron chi connectivity index (χ4n) is 6.03. The van der Waals surface area contributed by atoms with E-state index in [4.69, 9.17) is 0 Å². The summed E-state index contributed by atoms with van der Waals surface area (Å²) < 4.78 is 2.38. The molecule has 0 fully saturated rings. The molecule has 0 N–H and O–H groups in total. The Labute approximate surface area is 222 Å². The number of allylic oxidation sites excluding steroid dienone is 6. The van der Waals surface area contributed by atoms with E-state index in [1.165, 1.54) is 65.1 Å². The molecule has 0 amide bonds. The summed E-state index contributed by atoms with van der Waals surface area (Å²) in [7, 11) is 0. The number of rotatable bonds is 3. The summed E-state index contributed by atoms with van der Waals surface area (Å²) >= 11 is 1.95. The molecule has 0 saturated heterocycles. The Hall–Kier alpha value is -3.75. The van der Waals surface area contributed by atoms with Crippen LogP contribution in [0.3, 0.4) is 0 Å². The first-order valence-corrected chi connectivity index (χ1v) is 13.8. The first-order valence-electron chi connectivity index (χ1n) is 13.0. The quantitative estimate of drug-likeness (QED) is 0.225. The van der Waals surface area contributed by atoms with E-state index in [0.29, 0.717) is 11.8 Å². The molecule has 1 aliphatic heterocycles. The van der Waals surface area contributed by atoms with E-state index in [1.54, 1.807) is 0 Å². The van der Waals surface area contributed by atoms with Gasteiger partial charge in [0.15, 0.2) is 0 Å². The van der Waals surface area contributed by atoms with Gasteiger partial charge in [0.25, 0.3) is 0 Å². The molecule has 1 nitrogen and oxygen atoms in total. The Balaban J connectivity index is 1.38. The van der Waals surface area contributed by atoms with E-state index in [-0.39, 0.29) is 0 Å². The van der Waals surface area contributed by atoms with Gasteiger partial charge in [-0.1, -0.05) is 89.7 Å². The number of para-hydroxylation sites is 2. The number of fused-ring (bicyclic) bond motifs is 6. The molecule has 0 bridgehead atoms. The van der Waals surface area contributed by atoms with Gasteiger partial charge in [-0.3, -0.25) is 0 Å². The van der Waals surface area contributed by atoms with Crippen LogP contribution < -0.4 is 0 Å². The third-order valence-electron chi connectivity index (χ3n) is 8.13. The normalized spacial score (nSPS) is 18.1. The SMILES string of the molecule is CC(C)=C(C)C1C=CC=C2Sc3ccc(-c4ccc5c(c4)c4ccccc4n5-c4ccccc4)cc3C21. The number of benzene rings is 4. The Bertz CT molecular complexity index is 1780. The predicted molar refractivity (Wildman–Crippen MR) is 160 cm³/mol. The van der Waals surface area contributed by atoms with E-state index < -0.39 is 0 Å². The molecular formula is C35H29NS. The van der Waals surface area contributed by atoms with Crippen LogP contribution in [0, 0.1) is 5.92 Å². The lowest BCUT2D eigenvalue weighted by Crippen LogP contribution is -2.14. The van der Waals surface area contributed by atoms with Crippen LogP contribution in [-0.4, -0.2) is 4.57 Å². The Morgan fingerprint density at radius 1 is 0.730 bits per heavy atom. The summed E-state index contributed by atoms with van der Waals surface area (Å²) in [5.41, 5.74) is 10.6. The van der Waals surface area contributed by atoms with Gasteiger partial charge in [-0.25, -0.2) is 0 Å². The van der Waals surface area contributed by atoms with Crippen LogP contribution >= 0.6 is 11.8 Å².